The Morgan fingerprint density at radius 1 is 1.42 bits per heavy atom. The van der Waals surface area contributed by atoms with Crippen LogP contribution in [0.5, 0.6) is 0 Å². The molecule has 1 N–H and O–H groups in total. The van der Waals surface area contributed by atoms with E-state index < -0.39 is 0 Å². The molecule has 2 heterocycles. The van der Waals surface area contributed by atoms with Gasteiger partial charge in [-0.15, -0.1) is 22.7 Å². The molecular weight excluding hydrogens is 272 g/mol. The van der Waals surface area contributed by atoms with E-state index in [1.807, 2.05) is 22.7 Å². The van der Waals surface area contributed by atoms with Crippen LogP contribution in [-0.2, 0) is 13.0 Å². The molecule has 0 amide bonds. The van der Waals surface area contributed by atoms with Crippen LogP contribution in [0.1, 0.15) is 53.1 Å². The minimum atomic E-state index is 0.518. The summed E-state index contributed by atoms with van der Waals surface area (Å²) in [5.41, 5.74) is 1.30. The first kappa shape index (κ1) is 13.3. The van der Waals surface area contributed by atoms with Crippen LogP contribution in [-0.4, -0.2) is 11.0 Å². The van der Waals surface area contributed by atoms with Gasteiger partial charge in [0, 0.05) is 28.8 Å². The fraction of sp³-hybridized carbons (Fsp3) is 0.533. The van der Waals surface area contributed by atoms with Gasteiger partial charge < -0.3 is 5.32 Å². The number of hydrogen-bond acceptors (Lipinski definition) is 4. The van der Waals surface area contributed by atoms with Crippen molar-refractivity contribution < 1.29 is 0 Å². The molecule has 1 saturated carbocycles. The highest BCUT2D eigenvalue weighted by Gasteiger charge is 2.22. The summed E-state index contributed by atoms with van der Waals surface area (Å²) in [6.07, 6.45) is 3.68. The molecule has 1 fully saturated rings. The zero-order valence-electron chi connectivity index (χ0n) is 11.5. The highest BCUT2D eigenvalue weighted by molar-refractivity contribution is 7.12. The quantitative estimate of drug-likeness (QED) is 0.864. The van der Waals surface area contributed by atoms with Crippen molar-refractivity contribution in [2.45, 2.75) is 51.6 Å². The predicted octanol–water partition coefficient (Wildman–Crippen LogP) is 4.17. The second kappa shape index (κ2) is 5.73. The van der Waals surface area contributed by atoms with E-state index in [0.29, 0.717) is 5.92 Å². The van der Waals surface area contributed by atoms with Crippen LogP contribution >= 0.6 is 22.7 Å². The third-order valence-corrected chi connectivity index (χ3v) is 5.30. The fourth-order valence-corrected chi connectivity index (χ4v) is 4.15. The Balaban J connectivity index is 1.74. The van der Waals surface area contributed by atoms with Crippen LogP contribution in [0.3, 0.4) is 0 Å². The van der Waals surface area contributed by atoms with Crippen molar-refractivity contribution in [3.05, 3.63) is 38.0 Å². The van der Waals surface area contributed by atoms with Crippen LogP contribution in [0, 0.1) is 0 Å². The molecule has 0 bridgehead atoms. The molecule has 19 heavy (non-hydrogen) atoms. The lowest BCUT2D eigenvalue weighted by Gasteiger charge is -2.05. The summed E-state index contributed by atoms with van der Waals surface area (Å²) < 4.78 is 0. The van der Waals surface area contributed by atoms with Gasteiger partial charge >= 0.3 is 0 Å². The Kier molecular flexibility index (Phi) is 4.01. The number of rotatable bonds is 6. The van der Waals surface area contributed by atoms with E-state index in [0.717, 1.165) is 19.0 Å². The standard InChI is InChI=1S/C15H20N2S2/c1-10(2)15-13(9-16-11-5-6-11)19-14(17-15)8-12-4-3-7-18-12/h3-4,7,10-11,16H,5-6,8-9H2,1-2H3. The predicted molar refractivity (Wildman–Crippen MR) is 83.2 cm³/mol. The third kappa shape index (κ3) is 3.44. The van der Waals surface area contributed by atoms with Crippen LogP contribution in [0.4, 0.5) is 0 Å². The van der Waals surface area contributed by atoms with Gasteiger partial charge in [-0.05, 0) is 30.2 Å². The zero-order chi connectivity index (χ0) is 13.2. The van der Waals surface area contributed by atoms with Crippen molar-refractivity contribution >= 4 is 22.7 Å². The monoisotopic (exact) mass is 292 g/mol. The molecule has 102 valence electrons. The SMILES string of the molecule is CC(C)c1nc(Cc2cccs2)sc1CNC1CC1. The molecule has 0 aromatic carbocycles. The Bertz CT molecular complexity index is 524. The van der Waals surface area contributed by atoms with Crippen LogP contribution in [0.15, 0.2) is 17.5 Å². The maximum atomic E-state index is 4.87. The molecule has 2 aromatic heterocycles. The first-order valence-corrected chi connectivity index (χ1v) is 8.66. The molecule has 0 atom stereocenters. The first-order chi connectivity index (χ1) is 9.22. The van der Waals surface area contributed by atoms with Gasteiger partial charge in [0.1, 0.15) is 0 Å². The van der Waals surface area contributed by atoms with Gasteiger partial charge in [0.15, 0.2) is 0 Å². The smallest absolute Gasteiger partial charge is 0.0983 e. The number of thiophene rings is 1. The topological polar surface area (TPSA) is 24.9 Å². The second-order valence-corrected chi connectivity index (χ2v) is 7.68. The number of nitrogens with one attached hydrogen (secondary N) is 1. The molecule has 1 aliphatic rings. The first-order valence-electron chi connectivity index (χ1n) is 6.96. The maximum Gasteiger partial charge on any atom is 0.0983 e. The van der Waals surface area contributed by atoms with E-state index in [2.05, 4.69) is 36.7 Å². The summed E-state index contributed by atoms with van der Waals surface area (Å²) in [5, 5.41) is 7.02. The van der Waals surface area contributed by atoms with Gasteiger partial charge in [0.25, 0.3) is 0 Å². The molecule has 0 spiro atoms. The molecule has 2 nitrogen and oxygen atoms in total. The molecule has 2 aromatic rings. The van der Waals surface area contributed by atoms with E-state index in [4.69, 9.17) is 4.98 Å². The third-order valence-electron chi connectivity index (χ3n) is 3.35. The number of nitrogens with zero attached hydrogens (tertiary/aromatic N) is 1. The average molecular weight is 292 g/mol. The van der Waals surface area contributed by atoms with E-state index in [1.54, 1.807) is 0 Å². The van der Waals surface area contributed by atoms with E-state index in [1.165, 1.54) is 33.3 Å². The molecular formula is C15H20N2S2. The molecule has 1 aliphatic carbocycles. The summed E-state index contributed by atoms with van der Waals surface area (Å²) in [6, 6.07) is 5.08. The van der Waals surface area contributed by atoms with Crippen molar-refractivity contribution in [3.63, 3.8) is 0 Å². The van der Waals surface area contributed by atoms with Crippen LogP contribution < -0.4 is 5.32 Å². The molecule has 0 radical (unpaired) electrons. The van der Waals surface area contributed by atoms with Crippen molar-refractivity contribution in [3.8, 4) is 0 Å². The molecule has 3 rings (SSSR count). The Morgan fingerprint density at radius 3 is 2.89 bits per heavy atom. The maximum absolute atomic E-state index is 4.87. The summed E-state index contributed by atoms with van der Waals surface area (Å²) in [4.78, 5) is 7.71. The van der Waals surface area contributed by atoms with Crippen LogP contribution in [0.25, 0.3) is 0 Å². The molecule has 4 heteroatoms. The lowest BCUT2D eigenvalue weighted by Crippen LogP contribution is -2.15. The van der Waals surface area contributed by atoms with E-state index >= 15 is 0 Å². The summed E-state index contributed by atoms with van der Waals surface area (Å²) in [6.45, 7) is 5.48. The summed E-state index contributed by atoms with van der Waals surface area (Å²) in [7, 11) is 0. The fourth-order valence-electron chi connectivity index (χ4n) is 2.15. The Morgan fingerprint density at radius 2 is 2.26 bits per heavy atom. The van der Waals surface area contributed by atoms with Gasteiger partial charge in [0.05, 0.1) is 10.7 Å². The minimum Gasteiger partial charge on any atom is -0.309 e. The minimum absolute atomic E-state index is 0.518. The lowest BCUT2D eigenvalue weighted by atomic mass is 10.1. The average Bonchev–Trinajstić information content (AvgIpc) is 2.90. The van der Waals surface area contributed by atoms with Crippen molar-refractivity contribution in [2.75, 3.05) is 0 Å². The van der Waals surface area contributed by atoms with Crippen LogP contribution in [0.2, 0.25) is 0 Å². The van der Waals surface area contributed by atoms with Crippen molar-refractivity contribution in [1.29, 1.82) is 0 Å². The van der Waals surface area contributed by atoms with E-state index in [-0.39, 0.29) is 0 Å². The van der Waals surface area contributed by atoms with Gasteiger partial charge in [-0.3, -0.25) is 0 Å². The van der Waals surface area contributed by atoms with Gasteiger partial charge in [-0.1, -0.05) is 19.9 Å². The Labute approximate surface area is 122 Å². The van der Waals surface area contributed by atoms with Crippen molar-refractivity contribution in [2.24, 2.45) is 0 Å². The molecule has 0 saturated heterocycles. The molecule has 0 unspecified atom stereocenters. The Hall–Kier alpha value is -0.710. The number of hydrogen-bond donors (Lipinski definition) is 1. The van der Waals surface area contributed by atoms with Gasteiger partial charge in [0.2, 0.25) is 0 Å². The van der Waals surface area contributed by atoms with Gasteiger partial charge in [-0.25, -0.2) is 4.98 Å². The largest absolute Gasteiger partial charge is 0.309 e. The highest BCUT2D eigenvalue weighted by Crippen LogP contribution is 2.28. The normalized spacial score (nSPS) is 15.3. The summed E-state index contributed by atoms with van der Waals surface area (Å²) >= 11 is 3.71. The second-order valence-electron chi connectivity index (χ2n) is 5.48. The highest BCUT2D eigenvalue weighted by atomic mass is 32.1. The number of aromatic nitrogens is 1. The van der Waals surface area contributed by atoms with Gasteiger partial charge in [-0.2, -0.15) is 0 Å². The molecule has 0 aliphatic heterocycles. The lowest BCUT2D eigenvalue weighted by molar-refractivity contribution is 0.680. The van der Waals surface area contributed by atoms with E-state index in [9.17, 15) is 0 Å². The number of thiazole rings is 1. The zero-order valence-corrected chi connectivity index (χ0v) is 13.1. The van der Waals surface area contributed by atoms with Crippen molar-refractivity contribution in [1.82, 2.24) is 10.3 Å². The summed E-state index contributed by atoms with van der Waals surface area (Å²) in [5.74, 6) is 0.518.